The summed E-state index contributed by atoms with van der Waals surface area (Å²) in [6.45, 7) is 4.84. The summed E-state index contributed by atoms with van der Waals surface area (Å²) in [4.78, 5) is 12.8. The first-order valence-electron chi connectivity index (χ1n) is 7.37. The second kappa shape index (κ2) is 7.27. The Labute approximate surface area is 126 Å². The highest BCUT2D eigenvalue weighted by Crippen LogP contribution is 2.24. The maximum absolute atomic E-state index is 10.5. The van der Waals surface area contributed by atoms with Gasteiger partial charge in [0.2, 0.25) is 0 Å². The number of benzene rings is 1. The van der Waals surface area contributed by atoms with Crippen LogP contribution < -0.4 is 4.90 Å². The van der Waals surface area contributed by atoms with Crippen molar-refractivity contribution in [1.29, 1.82) is 0 Å². The zero-order chi connectivity index (χ0) is 15.2. The van der Waals surface area contributed by atoms with E-state index in [1.807, 2.05) is 12.1 Å². The molecule has 1 aliphatic rings. The van der Waals surface area contributed by atoms with Gasteiger partial charge in [0.05, 0.1) is 0 Å². The standard InChI is InChI=1S/C17H23NO3/c1-13-11-14(4-6-17(19)20)3-5-16(13)18(2)12-15-7-9-21-10-8-15/h3-6,11,15H,7-10,12H2,1-2H3,(H,19,20). The number of ether oxygens (including phenoxy) is 1. The maximum atomic E-state index is 10.5. The minimum absolute atomic E-state index is 0.690. The number of hydrogen-bond donors (Lipinski definition) is 1. The molecule has 0 aromatic heterocycles. The molecular weight excluding hydrogens is 266 g/mol. The molecule has 0 bridgehead atoms. The summed E-state index contributed by atoms with van der Waals surface area (Å²) in [5, 5.41) is 8.66. The molecule has 0 atom stereocenters. The molecule has 1 N–H and O–H groups in total. The van der Waals surface area contributed by atoms with E-state index in [1.165, 1.54) is 11.8 Å². The lowest BCUT2D eigenvalue weighted by atomic mass is 9.99. The number of anilines is 1. The van der Waals surface area contributed by atoms with Crippen molar-refractivity contribution in [2.75, 3.05) is 31.7 Å². The van der Waals surface area contributed by atoms with Crippen LogP contribution in [-0.2, 0) is 9.53 Å². The highest BCUT2D eigenvalue weighted by Gasteiger charge is 2.16. The zero-order valence-corrected chi connectivity index (χ0v) is 12.7. The number of aryl methyl sites for hydroxylation is 1. The van der Waals surface area contributed by atoms with Crippen LogP contribution in [0, 0.1) is 12.8 Å². The van der Waals surface area contributed by atoms with Crippen LogP contribution in [0.5, 0.6) is 0 Å². The first-order valence-corrected chi connectivity index (χ1v) is 7.37. The highest BCUT2D eigenvalue weighted by atomic mass is 16.5. The fourth-order valence-electron chi connectivity index (χ4n) is 2.79. The van der Waals surface area contributed by atoms with E-state index < -0.39 is 5.97 Å². The van der Waals surface area contributed by atoms with E-state index in [2.05, 4.69) is 24.9 Å². The SMILES string of the molecule is Cc1cc(C=CC(=O)O)ccc1N(C)CC1CCOCC1. The van der Waals surface area contributed by atoms with E-state index >= 15 is 0 Å². The summed E-state index contributed by atoms with van der Waals surface area (Å²) in [7, 11) is 2.12. The molecule has 1 saturated heterocycles. The summed E-state index contributed by atoms with van der Waals surface area (Å²) in [5.41, 5.74) is 3.28. The lowest BCUT2D eigenvalue weighted by Crippen LogP contribution is -2.29. The van der Waals surface area contributed by atoms with Gasteiger partial charge in [0, 0.05) is 38.6 Å². The van der Waals surface area contributed by atoms with E-state index in [0.29, 0.717) is 5.92 Å². The number of nitrogens with zero attached hydrogens (tertiary/aromatic N) is 1. The van der Waals surface area contributed by atoms with Gasteiger partial charge in [-0.05, 0) is 55.0 Å². The van der Waals surface area contributed by atoms with Gasteiger partial charge < -0.3 is 14.7 Å². The van der Waals surface area contributed by atoms with Crippen molar-refractivity contribution in [2.24, 2.45) is 5.92 Å². The smallest absolute Gasteiger partial charge is 0.328 e. The second-order valence-electron chi connectivity index (χ2n) is 5.65. The summed E-state index contributed by atoms with van der Waals surface area (Å²) < 4.78 is 5.40. The third-order valence-electron chi connectivity index (χ3n) is 3.92. The molecule has 1 heterocycles. The molecule has 0 aliphatic carbocycles. The molecule has 0 unspecified atom stereocenters. The van der Waals surface area contributed by atoms with Gasteiger partial charge in [0.15, 0.2) is 0 Å². The van der Waals surface area contributed by atoms with Gasteiger partial charge in [-0.1, -0.05) is 6.07 Å². The van der Waals surface area contributed by atoms with Crippen LogP contribution in [-0.4, -0.2) is 37.9 Å². The highest BCUT2D eigenvalue weighted by molar-refractivity contribution is 5.85. The second-order valence-corrected chi connectivity index (χ2v) is 5.65. The monoisotopic (exact) mass is 289 g/mol. The summed E-state index contributed by atoms with van der Waals surface area (Å²) in [6.07, 6.45) is 5.05. The quantitative estimate of drug-likeness (QED) is 0.847. The largest absolute Gasteiger partial charge is 0.478 e. The van der Waals surface area contributed by atoms with E-state index in [1.54, 1.807) is 6.08 Å². The molecule has 1 aromatic rings. The number of hydrogen-bond acceptors (Lipinski definition) is 3. The molecule has 4 heteroatoms. The van der Waals surface area contributed by atoms with E-state index in [0.717, 1.165) is 43.7 Å². The van der Waals surface area contributed by atoms with Gasteiger partial charge in [-0.3, -0.25) is 0 Å². The molecule has 0 radical (unpaired) electrons. The van der Waals surface area contributed by atoms with Crippen LogP contribution in [0.1, 0.15) is 24.0 Å². The Morgan fingerprint density at radius 1 is 1.43 bits per heavy atom. The third kappa shape index (κ3) is 4.60. The zero-order valence-electron chi connectivity index (χ0n) is 12.7. The Hall–Kier alpha value is -1.81. The van der Waals surface area contributed by atoms with Crippen molar-refractivity contribution >= 4 is 17.7 Å². The first-order chi connectivity index (χ1) is 10.1. The maximum Gasteiger partial charge on any atom is 0.328 e. The number of carboxylic acids is 1. The Bertz CT molecular complexity index is 519. The fourth-order valence-corrected chi connectivity index (χ4v) is 2.79. The number of carboxylic acid groups (broad SMARTS) is 1. The lowest BCUT2D eigenvalue weighted by Gasteiger charge is -2.29. The van der Waals surface area contributed by atoms with Gasteiger partial charge in [0.1, 0.15) is 0 Å². The lowest BCUT2D eigenvalue weighted by molar-refractivity contribution is -0.131. The van der Waals surface area contributed by atoms with E-state index in [-0.39, 0.29) is 0 Å². The van der Waals surface area contributed by atoms with Crippen molar-refractivity contribution in [3.63, 3.8) is 0 Å². The molecule has 2 rings (SSSR count). The van der Waals surface area contributed by atoms with Crippen LogP contribution >= 0.6 is 0 Å². The van der Waals surface area contributed by atoms with Gasteiger partial charge in [-0.15, -0.1) is 0 Å². The molecule has 114 valence electrons. The minimum atomic E-state index is -0.923. The average Bonchev–Trinajstić information content (AvgIpc) is 2.46. The summed E-state index contributed by atoms with van der Waals surface area (Å²) in [5.74, 6) is -0.233. The Morgan fingerprint density at radius 2 is 2.14 bits per heavy atom. The minimum Gasteiger partial charge on any atom is -0.478 e. The predicted molar refractivity (Wildman–Crippen MR) is 84.7 cm³/mol. The predicted octanol–water partition coefficient (Wildman–Crippen LogP) is 2.96. The van der Waals surface area contributed by atoms with Crippen molar-refractivity contribution in [1.82, 2.24) is 0 Å². The Balaban J connectivity index is 2.03. The van der Waals surface area contributed by atoms with Crippen molar-refractivity contribution in [3.8, 4) is 0 Å². The Morgan fingerprint density at radius 3 is 2.76 bits per heavy atom. The first kappa shape index (κ1) is 15.6. The van der Waals surface area contributed by atoms with Crippen molar-refractivity contribution in [2.45, 2.75) is 19.8 Å². The van der Waals surface area contributed by atoms with Gasteiger partial charge in [-0.25, -0.2) is 4.79 Å². The van der Waals surface area contributed by atoms with E-state index in [9.17, 15) is 4.79 Å². The normalized spacial score (nSPS) is 16.3. The van der Waals surface area contributed by atoms with Gasteiger partial charge in [-0.2, -0.15) is 0 Å². The Kier molecular flexibility index (Phi) is 5.39. The van der Waals surface area contributed by atoms with Crippen molar-refractivity contribution in [3.05, 3.63) is 35.4 Å². The van der Waals surface area contributed by atoms with Crippen LogP contribution in [0.4, 0.5) is 5.69 Å². The van der Waals surface area contributed by atoms with Crippen LogP contribution in [0.2, 0.25) is 0 Å². The molecule has 4 nitrogen and oxygen atoms in total. The molecule has 0 spiro atoms. The van der Waals surface area contributed by atoms with Crippen LogP contribution in [0.15, 0.2) is 24.3 Å². The van der Waals surface area contributed by atoms with Gasteiger partial charge >= 0.3 is 5.97 Å². The molecule has 1 aliphatic heterocycles. The topological polar surface area (TPSA) is 49.8 Å². The summed E-state index contributed by atoms with van der Waals surface area (Å²) in [6, 6.07) is 6.05. The number of rotatable bonds is 5. The molecular formula is C17H23NO3. The average molecular weight is 289 g/mol. The number of carbonyl (C=O) groups is 1. The molecule has 0 amide bonds. The summed E-state index contributed by atoms with van der Waals surface area (Å²) >= 11 is 0. The number of aliphatic carboxylic acids is 1. The molecule has 1 fully saturated rings. The molecule has 0 saturated carbocycles. The molecule has 21 heavy (non-hydrogen) atoms. The van der Waals surface area contributed by atoms with E-state index in [4.69, 9.17) is 9.84 Å². The van der Waals surface area contributed by atoms with Crippen LogP contribution in [0.3, 0.4) is 0 Å². The van der Waals surface area contributed by atoms with Gasteiger partial charge in [0.25, 0.3) is 0 Å². The van der Waals surface area contributed by atoms with Crippen LogP contribution in [0.25, 0.3) is 6.08 Å². The third-order valence-corrected chi connectivity index (χ3v) is 3.92. The van der Waals surface area contributed by atoms with Crippen molar-refractivity contribution < 1.29 is 14.6 Å². The molecule has 1 aromatic carbocycles. The fraction of sp³-hybridized carbons (Fsp3) is 0.471.